The number of ketones is 1. The summed E-state index contributed by atoms with van der Waals surface area (Å²) in [5.74, 6) is -4.96. The lowest BCUT2D eigenvalue weighted by molar-refractivity contribution is -0.133. The van der Waals surface area contributed by atoms with E-state index in [-0.39, 0.29) is 18.3 Å². The topological polar surface area (TPSA) is 63.4 Å². The van der Waals surface area contributed by atoms with Gasteiger partial charge in [0.2, 0.25) is 5.91 Å². The molecule has 1 heterocycles. The van der Waals surface area contributed by atoms with Crippen LogP contribution in [0.4, 0.5) is 13.2 Å². The largest absolute Gasteiger partial charge is 0.341 e. The average molecular weight is 351 g/mol. The van der Waals surface area contributed by atoms with E-state index in [1.807, 2.05) is 0 Å². The number of piperidine rings is 1. The Labute approximate surface area is 138 Å². The first-order chi connectivity index (χ1) is 10.3. The fraction of sp³-hybridized carbons (Fsp3) is 0.467. The third kappa shape index (κ3) is 4.23. The molecule has 1 aromatic carbocycles. The van der Waals surface area contributed by atoms with Gasteiger partial charge in [0.05, 0.1) is 11.6 Å². The predicted molar refractivity (Wildman–Crippen MR) is 80.8 cm³/mol. The molecule has 2 rings (SSSR count). The maximum atomic E-state index is 13.6. The third-order valence-electron chi connectivity index (χ3n) is 3.82. The Bertz CT molecular complexity index is 579. The quantitative estimate of drug-likeness (QED) is 0.851. The van der Waals surface area contributed by atoms with Gasteiger partial charge in [-0.2, -0.15) is 0 Å². The van der Waals surface area contributed by atoms with E-state index >= 15 is 0 Å². The number of amides is 1. The zero-order valence-electron chi connectivity index (χ0n) is 12.5. The van der Waals surface area contributed by atoms with Crippen molar-refractivity contribution in [3.05, 3.63) is 35.1 Å². The molecule has 1 fully saturated rings. The van der Waals surface area contributed by atoms with E-state index in [1.54, 1.807) is 6.92 Å². The number of benzene rings is 1. The van der Waals surface area contributed by atoms with Crippen LogP contribution in [0.1, 0.15) is 30.1 Å². The highest BCUT2D eigenvalue weighted by Crippen LogP contribution is 2.25. The number of nitrogens with two attached hydrogens (primary N) is 1. The van der Waals surface area contributed by atoms with Crippen molar-refractivity contribution in [2.75, 3.05) is 13.1 Å². The zero-order chi connectivity index (χ0) is 16.4. The minimum atomic E-state index is -1.20. The summed E-state index contributed by atoms with van der Waals surface area (Å²) in [4.78, 5) is 25.5. The molecule has 8 heteroatoms. The first-order valence-electron chi connectivity index (χ1n) is 7.04. The predicted octanol–water partition coefficient (Wildman–Crippen LogP) is 2.29. The zero-order valence-corrected chi connectivity index (χ0v) is 13.3. The maximum absolute atomic E-state index is 13.6. The average Bonchev–Trinajstić information content (AvgIpc) is 2.45. The molecule has 23 heavy (non-hydrogen) atoms. The molecule has 0 aromatic heterocycles. The van der Waals surface area contributed by atoms with Crippen LogP contribution in [0.15, 0.2) is 12.1 Å². The number of carbonyl (C=O) groups is 2. The monoisotopic (exact) mass is 350 g/mol. The molecular weight excluding hydrogens is 333 g/mol. The summed E-state index contributed by atoms with van der Waals surface area (Å²) in [6.45, 7) is 2.19. The van der Waals surface area contributed by atoms with E-state index in [4.69, 9.17) is 5.73 Å². The smallest absolute Gasteiger partial charge is 0.239 e. The van der Waals surface area contributed by atoms with Crippen molar-refractivity contribution in [1.29, 1.82) is 0 Å². The molecule has 1 atom stereocenters. The molecule has 0 aliphatic carbocycles. The Morgan fingerprint density at radius 3 is 2.09 bits per heavy atom. The lowest BCUT2D eigenvalue weighted by Crippen LogP contribution is -2.46. The van der Waals surface area contributed by atoms with Crippen molar-refractivity contribution in [3.8, 4) is 0 Å². The summed E-state index contributed by atoms with van der Waals surface area (Å²) in [5, 5.41) is 0. The first kappa shape index (κ1) is 19.4. The van der Waals surface area contributed by atoms with Gasteiger partial charge in [-0.15, -0.1) is 12.4 Å². The van der Waals surface area contributed by atoms with Gasteiger partial charge >= 0.3 is 0 Å². The minimum absolute atomic E-state index is 0. The number of hydrogen-bond acceptors (Lipinski definition) is 3. The van der Waals surface area contributed by atoms with Crippen LogP contribution in [0.2, 0.25) is 0 Å². The van der Waals surface area contributed by atoms with Crippen LogP contribution in [-0.4, -0.2) is 35.7 Å². The summed E-state index contributed by atoms with van der Waals surface area (Å²) in [6.07, 6.45) is 0.598. The molecule has 0 spiro atoms. The van der Waals surface area contributed by atoms with Crippen molar-refractivity contribution in [1.82, 2.24) is 4.90 Å². The second kappa shape index (κ2) is 7.79. The maximum Gasteiger partial charge on any atom is 0.239 e. The van der Waals surface area contributed by atoms with Crippen molar-refractivity contribution < 1.29 is 22.8 Å². The van der Waals surface area contributed by atoms with Gasteiger partial charge in [-0.1, -0.05) is 0 Å². The summed E-state index contributed by atoms with van der Waals surface area (Å²) >= 11 is 0. The molecule has 2 N–H and O–H groups in total. The lowest BCUT2D eigenvalue weighted by atomic mass is 9.88. The van der Waals surface area contributed by atoms with Crippen LogP contribution in [0.3, 0.4) is 0 Å². The molecule has 1 aliphatic rings. The lowest BCUT2D eigenvalue weighted by Gasteiger charge is -2.32. The second-order valence-electron chi connectivity index (χ2n) is 5.50. The number of carbonyl (C=O) groups excluding carboxylic acids is 2. The van der Waals surface area contributed by atoms with Gasteiger partial charge in [0.15, 0.2) is 5.78 Å². The highest BCUT2D eigenvalue weighted by molar-refractivity contribution is 5.98. The van der Waals surface area contributed by atoms with Gasteiger partial charge in [0, 0.05) is 31.1 Å². The molecule has 4 nitrogen and oxygen atoms in total. The van der Waals surface area contributed by atoms with E-state index in [0.29, 0.717) is 38.1 Å². The number of hydrogen-bond donors (Lipinski definition) is 1. The Kier molecular flexibility index (Phi) is 6.58. The van der Waals surface area contributed by atoms with E-state index in [1.165, 1.54) is 4.90 Å². The molecule has 1 amide bonds. The molecule has 0 saturated carbocycles. The summed E-state index contributed by atoms with van der Waals surface area (Å²) in [5.41, 5.74) is 4.80. The molecule has 1 aromatic rings. The highest BCUT2D eigenvalue weighted by Gasteiger charge is 2.31. The van der Waals surface area contributed by atoms with Crippen LogP contribution < -0.4 is 5.73 Å². The van der Waals surface area contributed by atoms with Gasteiger partial charge in [-0.3, -0.25) is 9.59 Å². The van der Waals surface area contributed by atoms with Crippen molar-refractivity contribution in [2.45, 2.75) is 25.8 Å². The Balaban J connectivity index is 0.00000264. The molecule has 1 saturated heterocycles. The molecule has 1 aliphatic heterocycles. The van der Waals surface area contributed by atoms with E-state index in [9.17, 15) is 22.8 Å². The number of halogens is 4. The Morgan fingerprint density at radius 1 is 1.17 bits per heavy atom. The van der Waals surface area contributed by atoms with E-state index < -0.39 is 40.8 Å². The Hall–Kier alpha value is -1.60. The highest BCUT2D eigenvalue weighted by atomic mass is 35.5. The SMILES string of the molecule is C[C@@H](N)C(=O)N1CCC(C(=O)c2c(F)cc(F)cc2F)CC1.Cl. The van der Waals surface area contributed by atoms with Gasteiger partial charge in [-0.05, 0) is 19.8 Å². The summed E-state index contributed by atoms with van der Waals surface area (Å²) < 4.78 is 40.2. The van der Waals surface area contributed by atoms with Crippen LogP contribution in [-0.2, 0) is 4.79 Å². The standard InChI is InChI=1S/C15H17F3N2O2.ClH/c1-8(19)15(22)20-4-2-9(3-5-20)14(21)13-11(17)6-10(16)7-12(13)18;/h6-9H,2-5,19H2,1H3;1H/t8-;/m1./s1. The van der Waals surface area contributed by atoms with Crippen LogP contribution in [0.25, 0.3) is 0 Å². The van der Waals surface area contributed by atoms with Gasteiger partial charge in [0.1, 0.15) is 17.5 Å². The van der Waals surface area contributed by atoms with Gasteiger partial charge < -0.3 is 10.6 Å². The fourth-order valence-corrected chi connectivity index (χ4v) is 2.63. The molecule has 128 valence electrons. The summed E-state index contributed by atoms with van der Waals surface area (Å²) in [6, 6.07) is 0.357. The van der Waals surface area contributed by atoms with E-state index in [0.717, 1.165) is 0 Å². The molecule has 0 unspecified atom stereocenters. The van der Waals surface area contributed by atoms with Crippen molar-refractivity contribution >= 4 is 24.1 Å². The van der Waals surface area contributed by atoms with Crippen LogP contribution >= 0.6 is 12.4 Å². The molecule has 0 radical (unpaired) electrons. The summed E-state index contributed by atoms with van der Waals surface area (Å²) in [7, 11) is 0. The normalized spacial score (nSPS) is 16.7. The van der Waals surface area contributed by atoms with E-state index in [2.05, 4.69) is 0 Å². The first-order valence-corrected chi connectivity index (χ1v) is 7.04. The third-order valence-corrected chi connectivity index (χ3v) is 3.82. The minimum Gasteiger partial charge on any atom is -0.341 e. The van der Waals surface area contributed by atoms with Crippen molar-refractivity contribution in [3.63, 3.8) is 0 Å². The second-order valence-corrected chi connectivity index (χ2v) is 5.50. The van der Waals surface area contributed by atoms with Gasteiger partial charge in [-0.25, -0.2) is 13.2 Å². The molecule has 0 bridgehead atoms. The number of rotatable bonds is 3. The Morgan fingerprint density at radius 2 is 1.65 bits per heavy atom. The number of likely N-dealkylation sites (tertiary alicyclic amines) is 1. The number of Topliss-reactive ketones (excluding diaryl/α,β-unsaturated/α-hetero) is 1. The van der Waals surface area contributed by atoms with Crippen LogP contribution in [0.5, 0.6) is 0 Å². The number of nitrogens with zero attached hydrogens (tertiary/aromatic N) is 1. The fourth-order valence-electron chi connectivity index (χ4n) is 2.63. The molecular formula is C15H18ClF3N2O2. The van der Waals surface area contributed by atoms with Crippen molar-refractivity contribution in [2.24, 2.45) is 11.7 Å². The van der Waals surface area contributed by atoms with Crippen LogP contribution in [0, 0.1) is 23.4 Å². The van der Waals surface area contributed by atoms with Gasteiger partial charge in [0.25, 0.3) is 0 Å².